The van der Waals surface area contributed by atoms with E-state index >= 15 is 0 Å². The van der Waals surface area contributed by atoms with Crippen molar-refractivity contribution in [1.29, 1.82) is 0 Å². The molecule has 0 aliphatic carbocycles. The van der Waals surface area contributed by atoms with Gasteiger partial charge in [-0.1, -0.05) is 11.6 Å². The van der Waals surface area contributed by atoms with Crippen LogP contribution in [-0.4, -0.2) is 29.4 Å². The molecule has 0 saturated heterocycles. The summed E-state index contributed by atoms with van der Waals surface area (Å²) >= 11 is 5.99. The van der Waals surface area contributed by atoms with Crippen LogP contribution in [0.2, 0.25) is 5.02 Å². The van der Waals surface area contributed by atoms with Crippen LogP contribution in [0.15, 0.2) is 36.4 Å². The van der Waals surface area contributed by atoms with Crippen LogP contribution in [0.25, 0.3) is 0 Å². The number of benzene rings is 2. The maximum atomic E-state index is 12.6. The van der Waals surface area contributed by atoms with E-state index in [2.05, 4.69) is 10.6 Å². The average molecular weight is 406 g/mol. The second kappa shape index (κ2) is 9.18. The van der Waals surface area contributed by atoms with Gasteiger partial charge >= 0.3 is 5.69 Å². The van der Waals surface area contributed by atoms with Crippen molar-refractivity contribution in [2.24, 2.45) is 0 Å². The summed E-state index contributed by atoms with van der Waals surface area (Å²) in [6.45, 7) is 5.58. The lowest BCUT2D eigenvalue weighted by atomic mass is 10.1. The summed E-state index contributed by atoms with van der Waals surface area (Å²) < 4.78 is 5.21. The molecule has 2 rings (SSSR count). The second-order valence-corrected chi connectivity index (χ2v) is 6.58. The van der Waals surface area contributed by atoms with Gasteiger partial charge in [0.05, 0.1) is 22.8 Å². The molecule has 0 saturated carbocycles. The Morgan fingerprint density at radius 1 is 1.18 bits per heavy atom. The fourth-order valence-corrected chi connectivity index (χ4v) is 2.60. The normalized spacial score (nSPS) is 10.5. The Kier molecular flexibility index (Phi) is 6.94. The Morgan fingerprint density at radius 2 is 1.89 bits per heavy atom. The summed E-state index contributed by atoms with van der Waals surface area (Å²) in [4.78, 5) is 35.6. The van der Waals surface area contributed by atoms with Crippen LogP contribution in [-0.2, 0) is 0 Å². The minimum absolute atomic E-state index is 0.0466. The number of anilines is 1. The SMILES string of the molecule is CCOc1ccc(C(=O)Nc2cc(Cl)ccc2C(=O)NC(C)C)cc1[N+](=O)[O-]. The lowest BCUT2D eigenvalue weighted by molar-refractivity contribution is -0.385. The standard InChI is InChI=1S/C19H20ClN3O5/c1-4-28-17-8-5-12(9-16(17)23(26)27)18(24)22-15-10-13(20)6-7-14(15)19(25)21-11(2)3/h5-11H,4H2,1-3H3,(H,21,25)(H,22,24). The largest absolute Gasteiger partial charge is 0.487 e. The lowest BCUT2D eigenvalue weighted by Crippen LogP contribution is -2.31. The number of nitrogens with one attached hydrogen (secondary N) is 2. The number of hydrogen-bond donors (Lipinski definition) is 2. The average Bonchev–Trinajstić information content (AvgIpc) is 2.61. The van der Waals surface area contributed by atoms with E-state index in [0.717, 1.165) is 6.07 Å². The molecule has 0 aromatic heterocycles. The Balaban J connectivity index is 2.35. The molecule has 0 spiro atoms. The maximum absolute atomic E-state index is 12.6. The third kappa shape index (κ3) is 5.20. The molecule has 0 aliphatic rings. The fraction of sp³-hybridized carbons (Fsp3) is 0.263. The highest BCUT2D eigenvalue weighted by Gasteiger charge is 2.20. The van der Waals surface area contributed by atoms with Gasteiger partial charge in [0, 0.05) is 22.7 Å². The molecule has 8 nitrogen and oxygen atoms in total. The number of rotatable bonds is 7. The van der Waals surface area contributed by atoms with Crippen LogP contribution in [0.5, 0.6) is 5.75 Å². The van der Waals surface area contributed by atoms with E-state index in [1.165, 1.54) is 30.3 Å². The molecular weight excluding hydrogens is 386 g/mol. The van der Waals surface area contributed by atoms with E-state index in [9.17, 15) is 19.7 Å². The molecule has 0 bridgehead atoms. The van der Waals surface area contributed by atoms with Gasteiger partial charge in [0.25, 0.3) is 11.8 Å². The Morgan fingerprint density at radius 3 is 2.50 bits per heavy atom. The minimum atomic E-state index is -0.622. The van der Waals surface area contributed by atoms with Crippen molar-refractivity contribution in [2.75, 3.05) is 11.9 Å². The molecule has 0 aliphatic heterocycles. The summed E-state index contributed by atoms with van der Waals surface area (Å²) in [7, 11) is 0. The number of ether oxygens (including phenoxy) is 1. The van der Waals surface area contributed by atoms with Gasteiger partial charge in [-0.2, -0.15) is 0 Å². The van der Waals surface area contributed by atoms with Crippen molar-refractivity contribution >= 4 is 34.8 Å². The molecule has 9 heteroatoms. The number of halogens is 1. The van der Waals surface area contributed by atoms with E-state index in [-0.39, 0.29) is 46.8 Å². The number of nitro benzene ring substituents is 1. The maximum Gasteiger partial charge on any atom is 0.311 e. The van der Waals surface area contributed by atoms with Crippen LogP contribution >= 0.6 is 11.6 Å². The summed E-state index contributed by atoms with van der Waals surface area (Å²) in [5.74, 6) is -0.921. The molecule has 0 heterocycles. The van der Waals surface area contributed by atoms with Crippen LogP contribution < -0.4 is 15.4 Å². The summed E-state index contributed by atoms with van der Waals surface area (Å²) in [5, 5.41) is 16.9. The first-order valence-corrected chi connectivity index (χ1v) is 8.93. The van der Waals surface area contributed by atoms with Crippen molar-refractivity contribution in [3.8, 4) is 5.75 Å². The van der Waals surface area contributed by atoms with Gasteiger partial charge in [0.15, 0.2) is 5.75 Å². The van der Waals surface area contributed by atoms with Gasteiger partial charge in [0.2, 0.25) is 0 Å². The Hall–Kier alpha value is -3.13. The van der Waals surface area contributed by atoms with Crippen molar-refractivity contribution in [3.63, 3.8) is 0 Å². The number of amides is 2. The second-order valence-electron chi connectivity index (χ2n) is 6.14. The predicted octanol–water partition coefficient (Wildman–Crippen LogP) is 4.04. The van der Waals surface area contributed by atoms with Gasteiger partial charge in [0.1, 0.15) is 0 Å². The zero-order chi connectivity index (χ0) is 20.8. The number of nitro groups is 1. The predicted molar refractivity (Wildman–Crippen MR) is 106 cm³/mol. The van der Waals surface area contributed by atoms with Gasteiger partial charge in [-0.15, -0.1) is 0 Å². The van der Waals surface area contributed by atoms with Crippen LogP contribution in [0.3, 0.4) is 0 Å². The summed E-state index contributed by atoms with van der Waals surface area (Å²) in [6, 6.07) is 8.27. The summed E-state index contributed by atoms with van der Waals surface area (Å²) in [6.07, 6.45) is 0. The van der Waals surface area contributed by atoms with E-state index in [1.54, 1.807) is 6.92 Å². The smallest absolute Gasteiger partial charge is 0.311 e. The fourth-order valence-electron chi connectivity index (χ4n) is 2.43. The van der Waals surface area contributed by atoms with E-state index in [0.29, 0.717) is 5.02 Å². The van der Waals surface area contributed by atoms with Crippen LogP contribution in [0.4, 0.5) is 11.4 Å². The van der Waals surface area contributed by atoms with Crippen molar-refractivity contribution < 1.29 is 19.2 Å². The molecule has 0 unspecified atom stereocenters. The third-order valence-corrected chi connectivity index (χ3v) is 3.85. The van der Waals surface area contributed by atoms with Crippen LogP contribution in [0.1, 0.15) is 41.5 Å². The highest BCUT2D eigenvalue weighted by molar-refractivity contribution is 6.31. The quantitative estimate of drug-likeness (QED) is 0.533. The Labute approximate surface area is 167 Å². The van der Waals surface area contributed by atoms with Gasteiger partial charge in [-0.3, -0.25) is 19.7 Å². The first-order chi connectivity index (χ1) is 13.2. The first kappa shape index (κ1) is 21.2. The van der Waals surface area contributed by atoms with Gasteiger partial charge in [-0.05, 0) is 51.1 Å². The summed E-state index contributed by atoms with van der Waals surface area (Å²) in [5.41, 5.74) is 0.155. The lowest BCUT2D eigenvalue weighted by Gasteiger charge is -2.14. The zero-order valence-corrected chi connectivity index (χ0v) is 16.4. The van der Waals surface area contributed by atoms with Crippen molar-refractivity contribution in [3.05, 3.63) is 62.7 Å². The molecule has 0 fully saturated rings. The first-order valence-electron chi connectivity index (χ1n) is 8.56. The third-order valence-electron chi connectivity index (χ3n) is 3.61. The highest BCUT2D eigenvalue weighted by atomic mass is 35.5. The topological polar surface area (TPSA) is 111 Å². The van der Waals surface area contributed by atoms with E-state index in [1.807, 2.05) is 13.8 Å². The van der Waals surface area contributed by atoms with E-state index < -0.39 is 10.8 Å². The highest BCUT2D eigenvalue weighted by Crippen LogP contribution is 2.29. The van der Waals surface area contributed by atoms with E-state index in [4.69, 9.17) is 16.3 Å². The molecule has 0 radical (unpaired) electrons. The van der Waals surface area contributed by atoms with Crippen LogP contribution in [0, 0.1) is 10.1 Å². The molecule has 28 heavy (non-hydrogen) atoms. The van der Waals surface area contributed by atoms with Gasteiger partial charge < -0.3 is 15.4 Å². The molecular formula is C19H20ClN3O5. The molecule has 2 aromatic rings. The monoisotopic (exact) mass is 405 g/mol. The molecule has 148 valence electrons. The minimum Gasteiger partial charge on any atom is -0.487 e. The number of carbonyl (C=O) groups is 2. The Bertz CT molecular complexity index is 914. The molecule has 2 aromatic carbocycles. The molecule has 0 atom stereocenters. The number of hydrogen-bond acceptors (Lipinski definition) is 5. The van der Waals surface area contributed by atoms with Crippen molar-refractivity contribution in [1.82, 2.24) is 5.32 Å². The molecule has 2 amide bonds. The number of carbonyl (C=O) groups excluding carboxylic acids is 2. The zero-order valence-electron chi connectivity index (χ0n) is 15.6. The van der Waals surface area contributed by atoms with Gasteiger partial charge in [-0.25, -0.2) is 0 Å². The molecule has 2 N–H and O–H groups in total. The van der Waals surface area contributed by atoms with Crippen molar-refractivity contribution in [2.45, 2.75) is 26.8 Å². The number of nitrogens with zero attached hydrogens (tertiary/aromatic N) is 1.